The fraction of sp³-hybridized carbons (Fsp3) is 0.464. The van der Waals surface area contributed by atoms with Gasteiger partial charge >= 0.3 is 12.1 Å². The molecule has 0 saturated heterocycles. The highest BCUT2D eigenvalue weighted by atomic mass is 16.5. The number of alkyl carbamates (subject to hydrolysis) is 1. The predicted molar refractivity (Wildman–Crippen MR) is 133 cm³/mol. The van der Waals surface area contributed by atoms with Crippen LogP contribution in [-0.2, 0) is 14.3 Å². The van der Waals surface area contributed by atoms with Crippen LogP contribution in [0.2, 0.25) is 0 Å². The maximum absolute atomic E-state index is 13.0. The van der Waals surface area contributed by atoms with Gasteiger partial charge in [0.05, 0.1) is 5.92 Å². The standard InChI is InChI=1S/C28H34N2O5/c1-17(2)14-25(26(31)29-19-9-7-8-18(15-19)27(32)33)30-28(34)35-16-24-22-12-5-3-10-20(22)21-11-4-6-13-23(21)24/h3-6,10-13,17-19,24-25H,7-9,14-16H2,1-2H3,(H,29,31)(H,30,34)(H,32,33)/t18-,19+,25+/m1/s1. The van der Waals surface area contributed by atoms with Gasteiger partial charge in [0, 0.05) is 12.0 Å². The summed E-state index contributed by atoms with van der Waals surface area (Å²) in [6, 6.07) is 15.3. The van der Waals surface area contributed by atoms with Gasteiger partial charge in [-0.1, -0.05) is 68.8 Å². The quantitative estimate of drug-likeness (QED) is 0.510. The largest absolute Gasteiger partial charge is 0.481 e. The summed E-state index contributed by atoms with van der Waals surface area (Å²) >= 11 is 0. The highest BCUT2D eigenvalue weighted by Crippen LogP contribution is 2.44. The number of carboxylic acid groups (broad SMARTS) is 1. The van der Waals surface area contributed by atoms with Gasteiger partial charge in [-0.3, -0.25) is 9.59 Å². The van der Waals surface area contributed by atoms with Crippen molar-refractivity contribution in [3.63, 3.8) is 0 Å². The van der Waals surface area contributed by atoms with Crippen molar-refractivity contribution in [2.24, 2.45) is 11.8 Å². The molecule has 4 rings (SSSR count). The molecule has 2 aliphatic rings. The highest BCUT2D eigenvalue weighted by molar-refractivity contribution is 5.86. The van der Waals surface area contributed by atoms with E-state index < -0.39 is 24.0 Å². The number of carboxylic acids is 1. The lowest BCUT2D eigenvalue weighted by atomic mass is 9.85. The van der Waals surface area contributed by atoms with Crippen molar-refractivity contribution in [1.82, 2.24) is 10.6 Å². The molecule has 186 valence electrons. The molecule has 1 fully saturated rings. The summed E-state index contributed by atoms with van der Waals surface area (Å²) in [6.07, 6.45) is 2.39. The Morgan fingerprint density at radius 1 is 1.00 bits per heavy atom. The van der Waals surface area contributed by atoms with Gasteiger partial charge in [0.2, 0.25) is 5.91 Å². The number of rotatable bonds is 8. The van der Waals surface area contributed by atoms with Crippen LogP contribution in [0.15, 0.2) is 48.5 Å². The first-order chi connectivity index (χ1) is 16.8. The topological polar surface area (TPSA) is 105 Å². The number of nitrogens with one attached hydrogen (secondary N) is 2. The molecule has 0 aromatic heterocycles. The zero-order chi connectivity index (χ0) is 24.9. The Kier molecular flexibility index (Phi) is 7.73. The number of carbonyl (C=O) groups is 3. The van der Waals surface area contributed by atoms with Gasteiger partial charge < -0.3 is 20.5 Å². The lowest BCUT2D eigenvalue weighted by Gasteiger charge is -2.29. The zero-order valence-corrected chi connectivity index (χ0v) is 20.3. The van der Waals surface area contributed by atoms with Crippen LogP contribution in [0.1, 0.15) is 63.0 Å². The molecule has 3 N–H and O–H groups in total. The molecule has 7 heteroatoms. The average Bonchev–Trinajstić information content (AvgIpc) is 3.16. The monoisotopic (exact) mass is 478 g/mol. The lowest BCUT2D eigenvalue weighted by Crippen LogP contribution is -2.51. The van der Waals surface area contributed by atoms with Crippen molar-refractivity contribution in [2.75, 3.05) is 6.61 Å². The Morgan fingerprint density at radius 2 is 1.63 bits per heavy atom. The van der Waals surface area contributed by atoms with E-state index in [2.05, 4.69) is 34.9 Å². The molecule has 1 saturated carbocycles. The van der Waals surface area contributed by atoms with E-state index in [-0.39, 0.29) is 30.4 Å². The number of aliphatic carboxylic acids is 1. The molecule has 2 aromatic carbocycles. The predicted octanol–water partition coefficient (Wildman–Crippen LogP) is 4.70. The van der Waals surface area contributed by atoms with Gasteiger partial charge in [0.1, 0.15) is 12.6 Å². The molecular weight excluding hydrogens is 444 g/mol. The summed E-state index contributed by atoms with van der Waals surface area (Å²) in [5.74, 6) is -1.42. The third-order valence-electron chi connectivity index (χ3n) is 7.03. The van der Waals surface area contributed by atoms with Crippen LogP contribution in [0.25, 0.3) is 11.1 Å². The van der Waals surface area contributed by atoms with Gasteiger partial charge in [0.15, 0.2) is 0 Å². The summed E-state index contributed by atoms with van der Waals surface area (Å²) in [4.78, 5) is 37.1. The second-order valence-electron chi connectivity index (χ2n) is 10.1. The van der Waals surface area contributed by atoms with Gasteiger partial charge in [-0.15, -0.1) is 0 Å². The van der Waals surface area contributed by atoms with E-state index in [1.54, 1.807) is 0 Å². The lowest BCUT2D eigenvalue weighted by molar-refractivity contribution is -0.143. The van der Waals surface area contributed by atoms with Crippen molar-refractivity contribution in [3.05, 3.63) is 59.7 Å². The number of ether oxygens (including phenoxy) is 1. The Hall–Kier alpha value is -3.35. The number of fused-ring (bicyclic) bond motifs is 3. The van der Waals surface area contributed by atoms with Gasteiger partial charge in [-0.25, -0.2) is 4.79 Å². The fourth-order valence-corrected chi connectivity index (χ4v) is 5.33. The molecular formula is C28H34N2O5. The van der Waals surface area contributed by atoms with Crippen LogP contribution in [0, 0.1) is 11.8 Å². The van der Waals surface area contributed by atoms with Gasteiger partial charge in [-0.2, -0.15) is 0 Å². The molecule has 7 nitrogen and oxygen atoms in total. The minimum atomic E-state index is -0.820. The smallest absolute Gasteiger partial charge is 0.407 e. The van der Waals surface area contributed by atoms with Crippen molar-refractivity contribution in [2.45, 2.75) is 64.0 Å². The maximum Gasteiger partial charge on any atom is 0.407 e. The summed E-state index contributed by atoms with van der Waals surface area (Å²) in [5, 5.41) is 15.0. The number of benzene rings is 2. The third-order valence-corrected chi connectivity index (χ3v) is 7.03. The van der Waals surface area contributed by atoms with Crippen molar-refractivity contribution in [3.8, 4) is 11.1 Å². The van der Waals surface area contributed by atoms with Crippen molar-refractivity contribution in [1.29, 1.82) is 0 Å². The van der Waals surface area contributed by atoms with Crippen LogP contribution in [-0.4, -0.2) is 41.8 Å². The molecule has 2 aliphatic carbocycles. The average molecular weight is 479 g/mol. The van der Waals surface area contributed by atoms with E-state index in [0.29, 0.717) is 19.3 Å². The SMILES string of the molecule is CC(C)C[C@H](NC(=O)OCC1c2ccccc2-c2ccccc21)C(=O)N[C@H]1CCC[C@@H](C(=O)O)C1. The highest BCUT2D eigenvalue weighted by Gasteiger charge is 2.32. The second-order valence-corrected chi connectivity index (χ2v) is 10.1. The molecule has 0 bridgehead atoms. The number of hydrogen-bond acceptors (Lipinski definition) is 4. The Bertz CT molecular complexity index is 1040. The third kappa shape index (κ3) is 5.84. The van der Waals surface area contributed by atoms with Crippen LogP contribution in [0.4, 0.5) is 4.79 Å². The van der Waals surface area contributed by atoms with Crippen molar-refractivity contribution < 1.29 is 24.2 Å². The summed E-state index contributed by atoms with van der Waals surface area (Å²) in [6.45, 7) is 4.15. The van der Waals surface area contributed by atoms with Gasteiger partial charge in [-0.05, 0) is 53.9 Å². The molecule has 2 amide bonds. The minimum Gasteiger partial charge on any atom is -0.481 e. The van der Waals surface area contributed by atoms with Crippen LogP contribution < -0.4 is 10.6 Å². The van der Waals surface area contributed by atoms with E-state index in [1.165, 1.54) is 0 Å². The number of carbonyl (C=O) groups excluding carboxylic acids is 2. The first-order valence-electron chi connectivity index (χ1n) is 12.5. The minimum absolute atomic E-state index is 0.0549. The normalized spacial score (nSPS) is 20.0. The van der Waals surface area contributed by atoms with Crippen LogP contribution >= 0.6 is 0 Å². The Morgan fingerprint density at radius 3 is 2.23 bits per heavy atom. The van der Waals surface area contributed by atoms with E-state index in [0.717, 1.165) is 35.1 Å². The first-order valence-corrected chi connectivity index (χ1v) is 12.5. The summed E-state index contributed by atoms with van der Waals surface area (Å²) in [7, 11) is 0. The number of amides is 2. The molecule has 0 unspecified atom stereocenters. The molecule has 0 aliphatic heterocycles. The first kappa shape index (κ1) is 24.8. The second kappa shape index (κ2) is 10.9. The molecule has 0 spiro atoms. The summed E-state index contributed by atoms with van der Waals surface area (Å²) < 4.78 is 5.63. The molecule has 3 atom stereocenters. The number of hydrogen-bond donors (Lipinski definition) is 3. The van der Waals surface area contributed by atoms with E-state index >= 15 is 0 Å². The maximum atomic E-state index is 13.0. The van der Waals surface area contributed by atoms with E-state index in [4.69, 9.17) is 4.74 Å². The van der Waals surface area contributed by atoms with E-state index in [1.807, 2.05) is 38.1 Å². The fourth-order valence-electron chi connectivity index (χ4n) is 5.33. The van der Waals surface area contributed by atoms with Crippen molar-refractivity contribution >= 4 is 18.0 Å². The van der Waals surface area contributed by atoms with Gasteiger partial charge in [0.25, 0.3) is 0 Å². The summed E-state index contributed by atoms with van der Waals surface area (Å²) in [5.41, 5.74) is 4.56. The molecule has 35 heavy (non-hydrogen) atoms. The zero-order valence-electron chi connectivity index (χ0n) is 20.3. The van der Waals surface area contributed by atoms with Crippen LogP contribution in [0.3, 0.4) is 0 Å². The molecule has 2 aromatic rings. The molecule has 0 heterocycles. The molecule has 0 radical (unpaired) electrons. The Balaban J connectivity index is 1.38. The Labute approximate surface area is 206 Å². The van der Waals surface area contributed by atoms with E-state index in [9.17, 15) is 19.5 Å². The van der Waals surface area contributed by atoms with Crippen LogP contribution in [0.5, 0.6) is 0 Å².